The molecule has 4 nitrogen and oxygen atoms in total. The molecule has 1 aromatic carbocycles. The second-order valence-electron chi connectivity index (χ2n) is 4.03. The summed E-state index contributed by atoms with van der Waals surface area (Å²) >= 11 is 0. The monoisotopic (exact) mass is 241 g/mol. The third-order valence-corrected chi connectivity index (χ3v) is 2.91. The maximum absolute atomic E-state index is 13.5. The fraction of sp³-hybridized carbons (Fsp3) is 0.500. The van der Waals surface area contributed by atoms with Crippen LogP contribution in [0, 0.1) is 12.7 Å². The number of halogens is 1. The molecule has 2 rings (SSSR count). The van der Waals surface area contributed by atoms with Crippen LogP contribution in [0.25, 0.3) is 0 Å². The van der Waals surface area contributed by atoms with E-state index in [1.165, 1.54) is 13.2 Å². The van der Waals surface area contributed by atoms with Crippen molar-refractivity contribution in [1.29, 1.82) is 0 Å². The van der Waals surface area contributed by atoms with E-state index in [4.69, 9.17) is 9.47 Å². The van der Waals surface area contributed by atoms with Crippen LogP contribution < -0.4 is 10.1 Å². The van der Waals surface area contributed by atoms with Crippen molar-refractivity contribution in [3.8, 4) is 11.5 Å². The second-order valence-corrected chi connectivity index (χ2v) is 4.03. The van der Waals surface area contributed by atoms with E-state index in [-0.39, 0.29) is 17.6 Å². The average Bonchev–Trinajstić information content (AvgIpc) is 2.30. The van der Waals surface area contributed by atoms with Crippen LogP contribution in [0.15, 0.2) is 6.07 Å². The van der Waals surface area contributed by atoms with Crippen LogP contribution in [0.4, 0.5) is 4.39 Å². The molecule has 17 heavy (non-hydrogen) atoms. The molecule has 0 radical (unpaired) electrons. The number of phenols is 1. The molecular weight excluding hydrogens is 225 g/mol. The number of hydrogen-bond acceptors (Lipinski definition) is 4. The molecule has 0 saturated carbocycles. The van der Waals surface area contributed by atoms with Crippen LogP contribution in [-0.2, 0) is 4.74 Å². The van der Waals surface area contributed by atoms with Gasteiger partial charge in [0.05, 0.1) is 19.8 Å². The van der Waals surface area contributed by atoms with Gasteiger partial charge in [0.15, 0.2) is 17.3 Å². The van der Waals surface area contributed by atoms with Gasteiger partial charge in [0.25, 0.3) is 0 Å². The zero-order valence-corrected chi connectivity index (χ0v) is 9.92. The van der Waals surface area contributed by atoms with Crippen LogP contribution in [-0.4, -0.2) is 31.9 Å². The molecule has 94 valence electrons. The summed E-state index contributed by atoms with van der Waals surface area (Å²) in [5.74, 6) is -0.853. The normalized spacial score (nSPS) is 20.3. The molecule has 1 atom stereocenters. The summed E-state index contributed by atoms with van der Waals surface area (Å²) in [6, 6.07) is 1.35. The van der Waals surface area contributed by atoms with Crippen molar-refractivity contribution < 1.29 is 19.0 Å². The van der Waals surface area contributed by atoms with Gasteiger partial charge in [-0.2, -0.15) is 0 Å². The Balaban J connectivity index is 2.44. The van der Waals surface area contributed by atoms with E-state index in [1.54, 1.807) is 6.92 Å². The van der Waals surface area contributed by atoms with Gasteiger partial charge in [0, 0.05) is 18.7 Å². The Morgan fingerprint density at radius 1 is 1.59 bits per heavy atom. The topological polar surface area (TPSA) is 50.7 Å². The van der Waals surface area contributed by atoms with E-state index in [2.05, 4.69) is 5.32 Å². The van der Waals surface area contributed by atoms with Crippen molar-refractivity contribution in [2.24, 2.45) is 0 Å². The highest BCUT2D eigenvalue weighted by Crippen LogP contribution is 2.39. The molecule has 1 saturated heterocycles. The summed E-state index contributed by atoms with van der Waals surface area (Å²) in [7, 11) is 1.33. The summed E-state index contributed by atoms with van der Waals surface area (Å²) in [4.78, 5) is 0. The Bertz CT molecular complexity index is 417. The SMILES string of the molecule is COc1c(F)cc(C)c(C2CNCCO2)c1O. The number of aryl methyl sites for hydroxylation is 1. The van der Waals surface area contributed by atoms with Crippen LogP contribution in [0.2, 0.25) is 0 Å². The molecule has 0 aliphatic carbocycles. The van der Waals surface area contributed by atoms with Crippen LogP contribution in [0.5, 0.6) is 11.5 Å². The van der Waals surface area contributed by atoms with Crippen molar-refractivity contribution >= 4 is 0 Å². The van der Waals surface area contributed by atoms with Crippen molar-refractivity contribution in [3.63, 3.8) is 0 Å². The number of morpholine rings is 1. The van der Waals surface area contributed by atoms with Gasteiger partial charge in [-0.3, -0.25) is 0 Å². The Kier molecular flexibility index (Phi) is 3.49. The van der Waals surface area contributed by atoms with Gasteiger partial charge in [-0.25, -0.2) is 4.39 Å². The van der Waals surface area contributed by atoms with Crippen molar-refractivity contribution in [1.82, 2.24) is 5.32 Å². The predicted octanol–water partition coefficient (Wildman–Crippen LogP) is 1.51. The smallest absolute Gasteiger partial charge is 0.196 e. The molecule has 1 unspecified atom stereocenters. The number of phenolic OH excluding ortho intramolecular Hbond substituents is 1. The summed E-state index contributed by atoms with van der Waals surface area (Å²) in [5.41, 5.74) is 1.25. The number of benzene rings is 1. The average molecular weight is 241 g/mol. The summed E-state index contributed by atoms with van der Waals surface area (Å²) in [6.07, 6.45) is -0.266. The molecule has 0 amide bonds. The minimum absolute atomic E-state index is 0.125. The van der Waals surface area contributed by atoms with Gasteiger partial charge in [0.1, 0.15) is 0 Å². The molecule has 1 fully saturated rings. The predicted molar refractivity (Wildman–Crippen MR) is 60.9 cm³/mol. The lowest BCUT2D eigenvalue weighted by Gasteiger charge is -2.26. The fourth-order valence-corrected chi connectivity index (χ4v) is 2.11. The third kappa shape index (κ3) is 2.21. The number of methoxy groups -OCH3 is 1. The van der Waals surface area contributed by atoms with Gasteiger partial charge in [0.2, 0.25) is 0 Å². The Hall–Kier alpha value is -1.33. The van der Waals surface area contributed by atoms with Crippen LogP contribution in [0.3, 0.4) is 0 Å². The number of nitrogens with one attached hydrogen (secondary N) is 1. The van der Waals surface area contributed by atoms with E-state index < -0.39 is 5.82 Å². The zero-order chi connectivity index (χ0) is 12.4. The van der Waals surface area contributed by atoms with E-state index in [1.807, 2.05) is 0 Å². The van der Waals surface area contributed by atoms with Gasteiger partial charge in [-0.1, -0.05) is 0 Å². The summed E-state index contributed by atoms with van der Waals surface area (Å²) < 4.78 is 23.9. The minimum Gasteiger partial charge on any atom is -0.504 e. The largest absolute Gasteiger partial charge is 0.504 e. The van der Waals surface area contributed by atoms with Gasteiger partial charge < -0.3 is 19.9 Å². The van der Waals surface area contributed by atoms with E-state index >= 15 is 0 Å². The second kappa shape index (κ2) is 4.89. The number of ether oxygens (including phenoxy) is 2. The van der Waals surface area contributed by atoms with E-state index in [0.29, 0.717) is 24.3 Å². The number of hydrogen-bond donors (Lipinski definition) is 2. The molecule has 5 heteroatoms. The maximum atomic E-state index is 13.5. The van der Waals surface area contributed by atoms with Gasteiger partial charge in [-0.05, 0) is 18.6 Å². The van der Waals surface area contributed by atoms with Crippen LogP contribution in [0.1, 0.15) is 17.2 Å². The van der Waals surface area contributed by atoms with E-state index in [0.717, 1.165) is 6.54 Å². The quantitative estimate of drug-likeness (QED) is 0.824. The molecule has 0 aromatic heterocycles. The third-order valence-electron chi connectivity index (χ3n) is 2.91. The molecule has 1 aliphatic heterocycles. The Morgan fingerprint density at radius 2 is 2.35 bits per heavy atom. The summed E-state index contributed by atoms with van der Waals surface area (Å²) in [6.45, 7) is 3.70. The minimum atomic E-state index is -0.560. The fourth-order valence-electron chi connectivity index (χ4n) is 2.11. The lowest BCUT2D eigenvalue weighted by atomic mass is 10.00. The van der Waals surface area contributed by atoms with Gasteiger partial charge >= 0.3 is 0 Å². The lowest BCUT2D eigenvalue weighted by Crippen LogP contribution is -2.33. The van der Waals surface area contributed by atoms with Crippen molar-refractivity contribution in [2.75, 3.05) is 26.8 Å². The standard InChI is InChI=1S/C12H16FNO3/c1-7-5-8(13)12(16-2)11(15)10(7)9-6-14-3-4-17-9/h5,9,14-15H,3-4,6H2,1-2H3. The first-order valence-corrected chi connectivity index (χ1v) is 5.53. The maximum Gasteiger partial charge on any atom is 0.196 e. The Labute approximate surface area is 99.4 Å². The molecule has 1 aromatic rings. The number of aromatic hydroxyl groups is 1. The molecular formula is C12H16FNO3. The first kappa shape index (κ1) is 12.1. The first-order chi connectivity index (χ1) is 8.15. The van der Waals surface area contributed by atoms with Crippen molar-refractivity contribution in [3.05, 3.63) is 23.0 Å². The highest BCUT2D eigenvalue weighted by molar-refractivity contribution is 5.51. The van der Waals surface area contributed by atoms with Crippen LogP contribution >= 0.6 is 0 Å². The lowest BCUT2D eigenvalue weighted by molar-refractivity contribution is 0.0256. The molecule has 2 N–H and O–H groups in total. The van der Waals surface area contributed by atoms with Gasteiger partial charge in [-0.15, -0.1) is 0 Å². The van der Waals surface area contributed by atoms with Crippen molar-refractivity contribution in [2.45, 2.75) is 13.0 Å². The molecule has 1 aliphatic rings. The van der Waals surface area contributed by atoms with E-state index in [9.17, 15) is 9.50 Å². The highest BCUT2D eigenvalue weighted by Gasteiger charge is 2.25. The highest BCUT2D eigenvalue weighted by atomic mass is 19.1. The zero-order valence-electron chi connectivity index (χ0n) is 9.92. The number of rotatable bonds is 2. The molecule has 0 bridgehead atoms. The summed E-state index contributed by atoms with van der Waals surface area (Å²) in [5, 5.41) is 13.2. The molecule has 1 heterocycles. The Morgan fingerprint density at radius 3 is 2.94 bits per heavy atom. The molecule has 0 spiro atoms. The first-order valence-electron chi connectivity index (χ1n) is 5.53.